The van der Waals surface area contributed by atoms with Crippen LogP contribution in [0.3, 0.4) is 0 Å². The van der Waals surface area contributed by atoms with Crippen LogP contribution in [0.1, 0.15) is 62.3 Å². The lowest BCUT2D eigenvalue weighted by molar-refractivity contribution is -0.137. The molecular weight excluding hydrogens is 320 g/mol. The Morgan fingerprint density at radius 3 is 1.79 bits per heavy atom. The minimum Gasteiger partial charge on any atom is -0.463 e. The number of carbonyl (C=O) groups excluding carboxylic acids is 1. The summed E-state index contributed by atoms with van der Waals surface area (Å²) >= 11 is 0. The first-order chi connectivity index (χ1) is 11.0. The molecular formula is C19H38O4Si. The van der Waals surface area contributed by atoms with Crippen LogP contribution in [0.15, 0.2) is 12.2 Å². The van der Waals surface area contributed by atoms with Crippen LogP contribution in [0.2, 0.25) is 16.6 Å². The molecule has 24 heavy (non-hydrogen) atoms. The predicted molar refractivity (Wildman–Crippen MR) is 103 cm³/mol. The van der Waals surface area contributed by atoms with E-state index < -0.39 is 14.4 Å². The van der Waals surface area contributed by atoms with E-state index in [4.69, 9.17) is 9.16 Å². The lowest BCUT2D eigenvalue weighted by atomic mass is 10.0. The Hall–Kier alpha value is -0.653. The summed E-state index contributed by atoms with van der Waals surface area (Å²) in [5.74, 6) is -0.425. The van der Waals surface area contributed by atoms with E-state index >= 15 is 0 Å². The number of rotatable bonds is 10. The first-order valence-corrected chi connectivity index (χ1v) is 11.3. The third-order valence-corrected chi connectivity index (χ3v) is 11.0. The first kappa shape index (κ1) is 23.3. The van der Waals surface area contributed by atoms with E-state index in [2.05, 4.69) is 41.5 Å². The highest BCUT2D eigenvalue weighted by Gasteiger charge is 2.47. The molecule has 0 fully saturated rings. The topological polar surface area (TPSA) is 55.8 Å². The highest BCUT2D eigenvalue weighted by atomic mass is 28.4. The van der Waals surface area contributed by atoms with Crippen molar-refractivity contribution in [3.8, 4) is 0 Å². The highest BCUT2D eigenvalue weighted by Crippen LogP contribution is 2.44. The normalized spacial score (nSPS) is 16.9. The van der Waals surface area contributed by atoms with E-state index in [1.807, 2.05) is 6.92 Å². The number of aliphatic hydroxyl groups excluding tert-OH is 1. The standard InChI is InChI=1S/C19H38O4Si/c1-10-22-18(21)12-11-16(8)19(17(9)20)23-24(13(2)3,14(4)5)15(6)7/h11-17,19-20H,10H2,1-9H3/b12-11+/t16?,17-,19-/m1/s1. The molecule has 0 bridgehead atoms. The summed E-state index contributed by atoms with van der Waals surface area (Å²) in [6.07, 6.45) is 2.30. The average molecular weight is 359 g/mol. The molecule has 0 amide bonds. The van der Waals surface area contributed by atoms with Crippen LogP contribution in [-0.2, 0) is 14.0 Å². The van der Waals surface area contributed by atoms with Crippen molar-refractivity contribution < 1.29 is 19.1 Å². The minimum atomic E-state index is -2.10. The van der Waals surface area contributed by atoms with E-state index in [0.717, 1.165) is 0 Å². The van der Waals surface area contributed by atoms with Gasteiger partial charge in [0.05, 0.1) is 18.8 Å². The molecule has 0 aromatic carbocycles. The van der Waals surface area contributed by atoms with E-state index in [1.165, 1.54) is 6.08 Å². The fourth-order valence-corrected chi connectivity index (χ4v) is 9.52. The van der Waals surface area contributed by atoms with E-state index in [9.17, 15) is 9.90 Å². The molecule has 0 aliphatic rings. The Morgan fingerprint density at radius 2 is 1.46 bits per heavy atom. The zero-order valence-corrected chi connectivity index (χ0v) is 18.0. The van der Waals surface area contributed by atoms with Gasteiger partial charge in [-0.05, 0) is 30.5 Å². The third kappa shape index (κ3) is 6.01. The molecule has 5 heteroatoms. The maximum atomic E-state index is 11.5. The summed E-state index contributed by atoms with van der Waals surface area (Å²) in [6.45, 7) is 19.2. The van der Waals surface area contributed by atoms with Crippen molar-refractivity contribution in [1.29, 1.82) is 0 Å². The Labute approximate surface area is 149 Å². The van der Waals surface area contributed by atoms with Crippen molar-refractivity contribution in [2.45, 2.75) is 91.1 Å². The van der Waals surface area contributed by atoms with Gasteiger partial charge in [0.15, 0.2) is 0 Å². The van der Waals surface area contributed by atoms with E-state index in [1.54, 1.807) is 19.9 Å². The number of hydrogen-bond donors (Lipinski definition) is 1. The summed E-state index contributed by atoms with van der Waals surface area (Å²) < 4.78 is 11.7. The van der Waals surface area contributed by atoms with Gasteiger partial charge >= 0.3 is 5.97 Å². The zero-order chi connectivity index (χ0) is 19.1. The molecule has 1 unspecified atom stereocenters. The molecule has 0 saturated carbocycles. The monoisotopic (exact) mass is 358 g/mol. The van der Waals surface area contributed by atoms with Gasteiger partial charge in [0, 0.05) is 12.0 Å². The molecule has 0 aromatic rings. The van der Waals surface area contributed by atoms with E-state index in [0.29, 0.717) is 23.2 Å². The van der Waals surface area contributed by atoms with Crippen LogP contribution < -0.4 is 0 Å². The molecule has 0 rings (SSSR count). The van der Waals surface area contributed by atoms with Crippen molar-refractivity contribution in [2.75, 3.05) is 6.61 Å². The molecule has 142 valence electrons. The molecule has 0 radical (unpaired) electrons. The van der Waals surface area contributed by atoms with Gasteiger partial charge in [-0.2, -0.15) is 0 Å². The summed E-state index contributed by atoms with van der Waals surface area (Å²) in [6, 6.07) is 0. The van der Waals surface area contributed by atoms with Crippen molar-refractivity contribution in [3.63, 3.8) is 0 Å². The molecule has 0 saturated heterocycles. The molecule has 0 aliphatic carbocycles. The second kappa shape index (κ2) is 10.4. The van der Waals surface area contributed by atoms with Crippen LogP contribution in [0.4, 0.5) is 0 Å². The number of carbonyl (C=O) groups is 1. The lowest BCUT2D eigenvalue weighted by Crippen LogP contribution is -2.53. The molecule has 0 aliphatic heterocycles. The van der Waals surface area contributed by atoms with Crippen LogP contribution in [0, 0.1) is 5.92 Å². The number of esters is 1. The maximum absolute atomic E-state index is 11.5. The SMILES string of the molecule is CCOC(=O)/C=C/C(C)[C@@H](O[Si](C(C)C)(C(C)C)C(C)C)[C@@H](C)O. The summed E-state index contributed by atoms with van der Waals surface area (Å²) in [5, 5.41) is 10.3. The van der Waals surface area contributed by atoms with Gasteiger partial charge < -0.3 is 14.3 Å². The van der Waals surface area contributed by atoms with Gasteiger partial charge in [-0.25, -0.2) is 4.79 Å². The van der Waals surface area contributed by atoms with Gasteiger partial charge in [-0.1, -0.05) is 54.5 Å². The Morgan fingerprint density at radius 1 is 1.00 bits per heavy atom. The Bertz CT molecular complexity index is 380. The van der Waals surface area contributed by atoms with Crippen molar-refractivity contribution >= 4 is 14.3 Å². The van der Waals surface area contributed by atoms with Crippen LogP contribution in [0.5, 0.6) is 0 Å². The smallest absolute Gasteiger partial charge is 0.330 e. The average Bonchev–Trinajstić information content (AvgIpc) is 2.44. The zero-order valence-electron chi connectivity index (χ0n) is 17.0. The van der Waals surface area contributed by atoms with Gasteiger partial charge in [0.25, 0.3) is 0 Å². The van der Waals surface area contributed by atoms with Gasteiger partial charge in [-0.3, -0.25) is 0 Å². The van der Waals surface area contributed by atoms with Crippen molar-refractivity contribution in [3.05, 3.63) is 12.2 Å². The number of hydrogen-bond acceptors (Lipinski definition) is 4. The highest BCUT2D eigenvalue weighted by molar-refractivity contribution is 6.77. The van der Waals surface area contributed by atoms with Crippen LogP contribution in [0.25, 0.3) is 0 Å². The molecule has 0 aromatic heterocycles. The third-order valence-electron chi connectivity index (χ3n) is 4.86. The second-order valence-corrected chi connectivity index (χ2v) is 13.0. The quantitative estimate of drug-likeness (QED) is 0.350. The van der Waals surface area contributed by atoms with Gasteiger partial charge in [0.2, 0.25) is 8.32 Å². The number of aliphatic hydroxyl groups is 1. The Kier molecular flexibility index (Phi) is 10.1. The van der Waals surface area contributed by atoms with Crippen LogP contribution in [-0.4, -0.2) is 38.2 Å². The first-order valence-electron chi connectivity index (χ1n) is 9.21. The minimum absolute atomic E-state index is 0.0717. The molecule has 0 spiro atoms. The lowest BCUT2D eigenvalue weighted by Gasteiger charge is -2.46. The largest absolute Gasteiger partial charge is 0.463 e. The van der Waals surface area contributed by atoms with Crippen LogP contribution >= 0.6 is 0 Å². The fourth-order valence-electron chi connectivity index (χ4n) is 3.82. The van der Waals surface area contributed by atoms with Crippen molar-refractivity contribution in [2.24, 2.45) is 5.92 Å². The summed E-state index contributed by atoms with van der Waals surface area (Å²) in [7, 11) is -2.10. The summed E-state index contributed by atoms with van der Waals surface area (Å²) in [4.78, 5) is 11.5. The maximum Gasteiger partial charge on any atom is 0.330 e. The predicted octanol–water partition coefficient (Wildman–Crippen LogP) is 4.68. The van der Waals surface area contributed by atoms with Gasteiger partial charge in [-0.15, -0.1) is 0 Å². The Balaban J connectivity index is 5.47. The van der Waals surface area contributed by atoms with Gasteiger partial charge in [0.1, 0.15) is 0 Å². The summed E-state index contributed by atoms with van der Waals surface area (Å²) in [5.41, 5.74) is 1.33. The van der Waals surface area contributed by atoms with E-state index in [-0.39, 0.29) is 18.0 Å². The second-order valence-electron chi connectivity index (χ2n) is 7.61. The fraction of sp³-hybridized carbons (Fsp3) is 0.842. The molecule has 1 N–H and O–H groups in total. The van der Waals surface area contributed by atoms with Crippen molar-refractivity contribution in [1.82, 2.24) is 0 Å². The molecule has 3 atom stereocenters. The number of ether oxygens (including phenoxy) is 1. The molecule has 0 heterocycles. The molecule has 4 nitrogen and oxygen atoms in total.